The van der Waals surface area contributed by atoms with Gasteiger partial charge in [0.05, 0.1) is 17.8 Å². The third-order valence-electron chi connectivity index (χ3n) is 3.93. The molecular formula is C18H21NO2. The minimum atomic E-state index is -0.275. The molecule has 110 valence electrons. The van der Waals surface area contributed by atoms with Gasteiger partial charge in [-0.25, -0.2) is 0 Å². The third kappa shape index (κ3) is 3.56. The van der Waals surface area contributed by atoms with E-state index in [0.717, 1.165) is 42.9 Å². The Bertz CT molecular complexity index is 570. The maximum atomic E-state index is 10.1. The first kappa shape index (κ1) is 14.0. The number of rotatable bonds is 4. The molecule has 0 aromatic heterocycles. The average molecular weight is 283 g/mol. The van der Waals surface area contributed by atoms with Gasteiger partial charge in [-0.2, -0.15) is 0 Å². The number of nitrogens with one attached hydrogen (secondary N) is 1. The number of hydrogen-bond donors (Lipinski definition) is 2. The Morgan fingerprint density at radius 2 is 1.62 bits per heavy atom. The molecule has 2 atom stereocenters. The summed E-state index contributed by atoms with van der Waals surface area (Å²) >= 11 is 0. The first-order valence-electron chi connectivity index (χ1n) is 7.59. The Morgan fingerprint density at radius 1 is 0.905 bits per heavy atom. The number of para-hydroxylation sites is 3. The van der Waals surface area contributed by atoms with E-state index in [1.807, 2.05) is 54.6 Å². The lowest BCUT2D eigenvalue weighted by Crippen LogP contribution is -2.36. The van der Waals surface area contributed by atoms with Crippen molar-refractivity contribution in [2.45, 2.75) is 37.8 Å². The van der Waals surface area contributed by atoms with Gasteiger partial charge < -0.3 is 15.2 Å². The summed E-state index contributed by atoms with van der Waals surface area (Å²) < 4.78 is 5.94. The fourth-order valence-corrected chi connectivity index (χ4v) is 2.77. The van der Waals surface area contributed by atoms with Crippen molar-refractivity contribution < 1.29 is 9.84 Å². The lowest BCUT2D eigenvalue weighted by Gasteiger charge is -2.29. The van der Waals surface area contributed by atoms with Crippen LogP contribution in [-0.4, -0.2) is 17.3 Å². The lowest BCUT2D eigenvalue weighted by atomic mass is 9.92. The van der Waals surface area contributed by atoms with Crippen LogP contribution >= 0.6 is 0 Å². The highest BCUT2D eigenvalue weighted by Crippen LogP contribution is 2.31. The zero-order valence-electron chi connectivity index (χ0n) is 12.0. The molecule has 3 nitrogen and oxygen atoms in total. The molecule has 0 spiro atoms. The van der Waals surface area contributed by atoms with Crippen LogP contribution in [0.5, 0.6) is 11.5 Å². The Balaban J connectivity index is 1.76. The molecular weight excluding hydrogens is 262 g/mol. The SMILES string of the molecule is O[C@@H]1CCCC[C@H]1Nc1ccccc1Oc1ccccc1. The van der Waals surface area contributed by atoms with E-state index in [-0.39, 0.29) is 12.1 Å². The normalized spacial score (nSPS) is 21.8. The largest absolute Gasteiger partial charge is 0.455 e. The summed E-state index contributed by atoms with van der Waals surface area (Å²) in [6.07, 6.45) is 3.88. The van der Waals surface area contributed by atoms with Gasteiger partial charge in [-0.05, 0) is 37.1 Å². The molecule has 0 bridgehead atoms. The fraction of sp³-hybridized carbons (Fsp3) is 0.333. The van der Waals surface area contributed by atoms with Crippen LogP contribution in [0.25, 0.3) is 0 Å². The van der Waals surface area contributed by atoms with Crippen molar-refractivity contribution in [2.24, 2.45) is 0 Å². The monoisotopic (exact) mass is 283 g/mol. The topological polar surface area (TPSA) is 41.5 Å². The molecule has 2 aromatic rings. The number of aliphatic hydroxyl groups excluding tert-OH is 1. The van der Waals surface area contributed by atoms with Crippen molar-refractivity contribution in [1.82, 2.24) is 0 Å². The van der Waals surface area contributed by atoms with Crippen molar-refractivity contribution in [3.8, 4) is 11.5 Å². The minimum absolute atomic E-state index is 0.110. The molecule has 2 aromatic carbocycles. The zero-order valence-corrected chi connectivity index (χ0v) is 12.0. The van der Waals surface area contributed by atoms with Gasteiger partial charge >= 0.3 is 0 Å². The Kier molecular flexibility index (Phi) is 4.41. The molecule has 3 heteroatoms. The molecule has 0 amide bonds. The molecule has 0 saturated heterocycles. The van der Waals surface area contributed by atoms with Crippen LogP contribution in [0.2, 0.25) is 0 Å². The summed E-state index contributed by atoms with van der Waals surface area (Å²) in [7, 11) is 0. The molecule has 0 heterocycles. The van der Waals surface area contributed by atoms with Gasteiger partial charge in [0.1, 0.15) is 5.75 Å². The highest BCUT2D eigenvalue weighted by atomic mass is 16.5. The minimum Gasteiger partial charge on any atom is -0.455 e. The fourth-order valence-electron chi connectivity index (χ4n) is 2.77. The molecule has 21 heavy (non-hydrogen) atoms. The van der Waals surface area contributed by atoms with Crippen molar-refractivity contribution >= 4 is 5.69 Å². The van der Waals surface area contributed by atoms with Crippen molar-refractivity contribution in [3.63, 3.8) is 0 Å². The van der Waals surface area contributed by atoms with Crippen molar-refractivity contribution in [2.75, 3.05) is 5.32 Å². The number of ether oxygens (including phenoxy) is 1. The predicted molar refractivity (Wildman–Crippen MR) is 84.8 cm³/mol. The van der Waals surface area contributed by atoms with Crippen LogP contribution in [0, 0.1) is 0 Å². The number of aliphatic hydroxyl groups is 1. The van der Waals surface area contributed by atoms with E-state index in [1.54, 1.807) is 0 Å². The maximum absolute atomic E-state index is 10.1. The Labute approximate surface area is 125 Å². The molecule has 3 rings (SSSR count). The van der Waals surface area contributed by atoms with Crippen LogP contribution in [0.1, 0.15) is 25.7 Å². The van der Waals surface area contributed by atoms with E-state index >= 15 is 0 Å². The maximum Gasteiger partial charge on any atom is 0.150 e. The van der Waals surface area contributed by atoms with Crippen molar-refractivity contribution in [3.05, 3.63) is 54.6 Å². The van der Waals surface area contributed by atoms with Crippen LogP contribution < -0.4 is 10.1 Å². The van der Waals surface area contributed by atoms with Crippen LogP contribution in [0.3, 0.4) is 0 Å². The summed E-state index contributed by atoms with van der Waals surface area (Å²) in [6.45, 7) is 0. The second kappa shape index (κ2) is 6.64. The quantitative estimate of drug-likeness (QED) is 0.884. The third-order valence-corrected chi connectivity index (χ3v) is 3.93. The number of hydrogen-bond acceptors (Lipinski definition) is 3. The van der Waals surface area contributed by atoms with Gasteiger partial charge in [0, 0.05) is 0 Å². The molecule has 1 saturated carbocycles. The second-order valence-corrected chi connectivity index (χ2v) is 5.51. The van der Waals surface area contributed by atoms with Crippen LogP contribution in [-0.2, 0) is 0 Å². The van der Waals surface area contributed by atoms with E-state index in [1.165, 1.54) is 0 Å². The second-order valence-electron chi connectivity index (χ2n) is 5.51. The van der Waals surface area contributed by atoms with Gasteiger partial charge in [0.2, 0.25) is 0 Å². The van der Waals surface area contributed by atoms with E-state index < -0.39 is 0 Å². The highest BCUT2D eigenvalue weighted by molar-refractivity contribution is 5.58. The van der Waals surface area contributed by atoms with E-state index in [9.17, 15) is 5.11 Å². The van der Waals surface area contributed by atoms with Crippen LogP contribution in [0.15, 0.2) is 54.6 Å². The molecule has 1 fully saturated rings. The molecule has 0 unspecified atom stereocenters. The smallest absolute Gasteiger partial charge is 0.150 e. The Morgan fingerprint density at radius 3 is 2.43 bits per heavy atom. The average Bonchev–Trinajstić information content (AvgIpc) is 2.52. The molecule has 2 N–H and O–H groups in total. The summed E-state index contributed by atoms with van der Waals surface area (Å²) in [5.74, 6) is 1.61. The predicted octanol–water partition coefficient (Wildman–Crippen LogP) is 4.19. The lowest BCUT2D eigenvalue weighted by molar-refractivity contribution is 0.116. The van der Waals surface area contributed by atoms with Gasteiger partial charge in [0.25, 0.3) is 0 Å². The molecule has 0 radical (unpaired) electrons. The van der Waals surface area contributed by atoms with Gasteiger partial charge in [-0.3, -0.25) is 0 Å². The zero-order chi connectivity index (χ0) is 14.5. The summed E-state index contributed by atoms with van der Waals surface area (Å²) in [6, 6.07) is 17.8. The van der Waals surface area contributed by atoms with E-state index in [2.05, 4.69) is 5.32 Å². The van der Waals surface area contributed by atoms with Gasteiger partial charge in [-0.15, -0.1) is 0 Å². The van der Waals surface area contributed by atoms with Crippen LogP contribution in [0.4, 0.5) is 5.69 Å². The van der Waals surface area contributed by atoms with Gasteiger partial charge in [-0.1, -0.05) is 43.2 Å². The molecule has 1 aliphatic rings. The van der Waals surface area contributed by atoms with E-state index in [4.69, 9.17) is 4.74 Å². The summed E-state index contributed by atoms with van der Waals surface area (Å²) in [5.41, 5.74) is 0.937. The number of benzene rings is 2. The highest BCUT2D eigenvalue weighted by Gasteiger charge is 2.23. The molecule has 1 aliphatic carbocycles. The number of anilines is 1. The summed E-state index contributed by atoms with van der Waals surface area (Å²) in [4.78, 5) is 0. The first-order chi connectivity index (χ1) is 10.3. The standard InChI is InChI=1S/C18H21NO2/c20-17-12-6-4-10-15(17)19-16-11-5-7-13-18(16)21-14-8-2-1-3-9-14/h1-3,5,7-9,11,13,15,17,19-20H,4,6,10,12H2/t15-,17-/m1/s1. The van der Waals surface area contributed by atoms with Gasteiger partial charge in [0.15, 0.2) is 5.75 Å². The summed E-state index contributed by atoms with van der Waals surface area (Å²) in [5, 5.41) is 13.6. The van der Waals surface area contributed by atoms with Crippen molar-refractivity contribution in [1.29, 1.82) is 0 Å². The Hall–Kier alpha value is -2.00. The first-order valence-corrected chi connectivity index (χ1v) is 7.59. The van der Waals surface area contributed by atoms with E-state index in [0.29, 0.717) is 0 Å². The molecule has 0 aliphatic heterocycles.